The van der Waals surface area contributed by atoms with Gasteiger partial charge in [-0.15, -0.1) is 12.4 Å². The maximum Gasteiger partial charge on any atom is 0.245 e. The van der Waals surface area contributed by atoms with Crippen LogP contribution in [0.4, 0.5) is 11.4 Å². The third-order valence-electron chi connectivity index (χ3n) is 3.19. The second kappa shape index (κ2) is 6.92. The van der Waals surface area contributed by atoms with Gasteiger partial charge in [0.2, 0.25) is 5.91 Å². The molecule has 0 aromatic heterocycles. The highest BCUT2D eigenvalue weighted by molar-refractivity contribution is 7.99. The summed E-state index contributed by atoms with van der Waals surface area (Å²) in [6.45, 7) is 0.352. The lowest BCUT2D eigenvalue weighted by Gasteiger charge is -2.32. The zero-order valence-corrected chi connectivity index (χ0v) is 14.6. The van der Waals surface area contributed by atoms with E-state index in [2.05, 4.69) is 0 Å². The predicted molar refractivity (Wildman–Crippen MR) is 95.0 cm³/mol. The molecule has 0 atom stereocenters. The van der Waals surface area contributed by atoms with Crippen LogP contribution in [0.2, 0.25) is 5.02 Å². The largest absolute Gasteiger partial charge is 0.301 e. The van der Waals surface area contributed by atoms with Gasteiger partial charge in [-0.1, -0.05) is 35.5 Å². The Hall–Kier alpha value is -1.20. The molecule has 0 radical (unpaired) electrons. The number of carbonyl (C=O) groups is 1. The van der Waals surface area contributed by atoms with E-state index in [4.69, 9.17) is 11.6 Å². The van der Waals surface area contributed by atoms with Crippen molar-refractivity contribution in [2.24, 2.45) is 0 Å². The topological polar surface area (TPSA) is 23.6 Å². The fourth-order valence-corrected chi connectivity index (χ4v) is 3.54. The summed E-state index contributed by atoms with van der Waals surface area (Å²) >= 11 is 7.79. The Bertz CT molecular complexity index is 706. The van der Waals surface area contributed by atoms with Crippen molar-refractivity contribution >= 4 is 53.1 Å². The predicted octanol–water partition coefficient (Wildman–Crippen LogP) is 4.45. The van der Waals surface area contributed by atoms with Crippen LogP contribution < -0.4 is 4.90 Å². The zero-order valence-electron chi connectivity index (χ0n) is 12.2. The van der Waals surface area contributed by atoms with Gasteiger partial charge in [-0.25, -0.2) is 0 Å². The Morgan fingerprint density at radius 2 is 1.82 bits per heavy atom. The molecule has 0 saturated carbocycles. The molecule has 0 fully saturated rings. The van der Waals surface area contributed by atoms with Gasteiger partial charge in [-0.05, 0) is 44.4 Å². The lowest BCUT2D eigenvalue weighted by atomic mass is 10.2. The van der Waals surface area contributed by atoms with E-state index in [9.17, 15) is 4.79 Å². The maximum atomic E-state index is 12.7. The Morgan fingerprint density at radius 1 is 1.14 bits per heavy atom. The number of rotatable bonds is 2. The summed E-state index contributed by atoms with van der Waals surface area (Å²) in [5.41, 5.74) is 1.78. The highest BCUT2D eigenvalue weighted by Crippen LogP contribution is 2.48. The Balaban J connectivity index is 0.00000176. The number of carbonyl (C=O) groups excluding carboxylic acids is 1. The maximum absolute atomic E-state index is 12.7. The van der Waals surface area contributed by atoms with Crippen LogP contribution in [0.3, 0.4) is 0 Å². The average molecular weight is 355 g/mol. The van der Waals surface area contributed by atoms with Crippen molar-refractivity contribution in [2.75, 3.05) is 25.5 Å². The van der Waals surface area contributed by atoms with Crippen LogP contribution in [0.5, 0.6) is 0 Å². The molecule has 0 bridgehead atoms. The zero-order chi connectivity index (χ0) is 15.0. The molecule has 22 heavy (non-hydrogen) atoms. The fourth-order valence-electron chi connectivity index (χ4n) is 2.34. The van der Waals surface area contributed by atoms with Crippen molar-refractivity contribution in [3.8, 4) is 0 Å². The van der Waals surface area contributed by atoms with E-state index >= 15 is 0 Å². The lowest BCUT2D eigenvalue weighted by molar-refractivity contribution is -0.118. The van der Waals surface area contributed by atoms with Crippen LogP contribution in [0.15, 0.2) is 52.3 Å². The number of fused-ring (bicyclic) bond motifs is 2. The number of hydrogen-bond donors (Lipinski definition) is 0. The van der Waals surface area contributed by atoms with E-state index in [0.717, 1.165) is 21.2 Å². The van der Waals surface area contributed by atoms with Crippen LogP contribution in [0.25, 0.3) is 0 Å². The van der Waals surface area contributed by atoms with Gasteiger partial charge in [0.25, 0.3) is 0 Å². The van der Waals surface area contributed by atoms with Gasteiger partial charge in [0, 0.05) is 14.8 Å². The van der Waals surface area contributed by atoms with E-state index in [0.29, 0.717) is 11.6 Å². The summed E-state index contributed by atoms with van der Waals surface area (Å²) < 4.78 is 0. The lowest BCUT2D eigenvalue weighted by Crippen LogP contribution is -2.36. The fraction of sp³-hybridized carbons (Fsp3) is 0.188. The second-order valence-electron chi connectivity index (χ2n) is 5.15. The van der Waals surface area contributed by atoms with Crippen LogP contribution in [-0.4, -0.2) is 31.4 Å². The first-order valence-corrected chi connectivity index (χ1v) is 7.80. The minimum absolute atomic E-state index is 0. The number of nitrogens with zero attached hydrogens (tertiary/aromatic N) is 2. The Labute approximate surface area is 145 Å². The number of para-hydroxylation sites is 1. The summed E-state index contributed by atoms with van der Waals surface area (Å²) in [7, 11) is 3.78. The van der Waals surface area contributed by atoms with Crippen molar-refractivity contribution in [2.45, 2.75) is 9.79 Å². The highest BCUT2D eigenvalue weighted by atomic mass is 35.5. The van der Waals surface area contributed by atoms with Gasteiger partial charge in [0.1, 0.15) is 0 Å². The molecule has 1 aliphatic rings. The molecule has 1 heterocycles. The summed E-state index contributed by atoms with van der Waals surface area (Å²) in [6.07, 6.45) is 0. The summed E-state index contributed by atoms with van der Waals surface area (Å²) in [6, 6.07) is 13.6. The number of hydrogen-bond acceptors (Lipinski definition) is 3. The van der Waals surface area contributed by atoms with Crippen LogP contribution in [0, 0.1) is 0 Å². The average Bonchev–Trinajstić information content (AvgIpc) is 2.44. The molecule has 6 heteroatoms. The molecule has 0 N–H and O–H groups in total. The molecule has 116 valence electrons. The number of likely N-dealkylation sites (N-methyl/N-ethyl adjacent to an activating group) is 1. The molecule has 0 unspecified atom stereocenters. The van der Waals surface area contributed by atoms with E-state index in [-0.39, 0.29) is 18.3 Å². The first-order chi connectivity index (χ1) is 10.1. The van der Waals surface area contributed by atoms with Crippen LogP contribution in [0.1, 0.15) is 0 Å². The molecular weight excluding hydrogens is 339 g/mol. The molecule has 0 spiro atoms. The van der Waals surface area contributed by atoms with E-state index in [1.807, 2.05) is 61.5 Å². The molecule has 2 aromatic carbocycles. The van der Waals surface area contributed by atoms with Gasteiger partial charge in [-0.3, -0.25) is 9.69 Å². The molecule has 0 aliphatic carbocycles. The first-order valence-electron chi connectivity index (χ1n) is 6.60. The molecule has 3 nitrogen and oxygen atoms in total. The van der Waals surface area contributed by atoms with Crippen LogP contribution in [-0.2, 0) is 4.79 Å². The minimum atomic E-state index is 0. The molecule has 2 aromatic rings. The molecule has 1 amide bonds. The van der Waals surface area contributed by atoms with E-state index in [1.165, 1.54) is 0 Å². The number of amides is 1. The molecule has 1 aliphatic heterocycles. The van der Waals surface area contributed by atoms with Gasteiger partial charge in [0.05, 0.1) is 17.9 Å². The van der Waals surface area contributed by atoms with Crippen molar-refractivity contribution in [3.05, 3.63) is 47.5 Å². The van der Waals surface area contributed by atoms with Gasteiger partial charge >= 0.3 is 0 Å². The molecular formula is C16H16Cl2N2OS. The first kappa shape index (κ1) is 17.2. The monoisotopic (exact) mass is 354 g/mol. The normalized spacial score (nSPS) is 12.5. The van der Waals surface area contributed by atoms with Crippen molar-refractivity contribution in [1.82, 2.24) is 4.90 Å². The molecule has 0 saturated heterocycles. The Morgan fingerprint density at radius 3 is 2.55 bits per heavy atom. The molecule has 3 rings (SSSR count). The van der Waals surface area contributed by atoms with Crippen molar-refractivity contribution in [1.29, 1.82) is 0 Å². The van der Waals surface area contributed by atoms with Gasteiger partial charge in [-0.2, -0.15) is 0 Å². The second-order valence-corrected chi connectivity index (χ2v) is 6.67. The quantitative estimate of drug-likeness (QED) is 0.795. The van der Waals surface area contributed by atoms with Crippen molar-refractivity contribution < 1.29 is 4.79 Å². The van der Waals surface area contributed by atoms with Gasteiger partial charge < -0.3 is 4.90 Å². The number of benzene rings is 2. The third kappa shape index (κ3) is 3.25. The summed E-state index contributed by atoms with van der Waals surface area (Å²) in [5, 5.41) is 0.636. The van der Waals surface area contributed by atoms with Crippen LogP contribution >= 0.6 is 35.8 Å². The van der Waals surface area contributed by atoms with Crippen molar-refractivity contribution in [3.63, 3.8) is 0 Å². The van der Waals surface area contributed by atoms with Gasteiger partial charge in [0.15, 0.2) is 0 Å². The number of anilines is 2. The smallest absolute Gasteiger partial charge is 0.245 e. The number of halogens is 2. The summed E-state index contributed by atoms with van der Waals surface area (Å²) in [4.78, 5) is 18.4. The highest BCUT2D eigenvalue weighted by Gasteiger charge is 2.28. The van der Waals surface area contributed by atoms with E-state index in [1.54, 1.807) is 16.7 Å². The minimum Gasteiger partial charge on any atom is -0.301 e. The van der Waals surface area contributed by atoms with E-state index < -0.39 is 0 Å². The summed E-state index contributed by atoms with van der Waals surface area (Å²) in [5.74, 6) is 0.0382. The Kier molecular flexibility index (Phi) is 5.40. The SMILES string of the molecule is CN(C)CC(=O)N1c2ccccc2Sc2ccc(Cl)cc21.Cl. The third-order valence-corrected chi connectivity index (χ3v) is 4.55. The standard InChI is InChI=1S/C16H15ClN2OS.ClH/c1-18(2)10-16(20)19-12-5-3-4-6-14(12)21-15-8-7-11(17)9-13(15)19;/h3-9H,10H2,1-2H3;1H.